The molecule has 0 unspecified atom stereocenters. The second-order valence-electron chi connectivity index (χ2n) is 4.52. The molecule has 0 aromatic heterocycles. The van der Waals surface area contributed by atoms with E-state index in [2.05, 4.69) is 35.0 Å². The average Bonchev–Trinajstić information content (AvgIpc) is 2.41. The van der Waals surface area contributed by atoms with Gasteiger partial charge >= 0.3 is 0 Å². The van der Waals surface area contributed by atoms with Gasteiger partial charge in [-0.3, -0.25) is 5.41 Å². The normalized spacial score (nSPS) is 10.3. The van der Waals surface area contributed by atoms with Crippen LogP contribution in [0.4, 0.5) is 0 Å². The van der Waals surface area contributed by atoms with E-state index in [1.807, 2.05) is 24.3 Å². The van der Waals surface area contributed by atoms with Gasteiger partial charge < -0.3 is 10.5 Å². The Kier molecular flexibility index (Phi) is 4.79. The van der Waals surface area contributed by atoms with Gasteiger partial charge in [-0.15, -0.1) is 0 Å². The molecule has 0 saturated heterocycles. The minimum atomic E-state index is -0.0184. The lowest BCUT2D eigenvalue weighted by molar-refractivity contribution is 0.481. The Morgan fingerprint density at radius 3 is 2.50 bits per heavy atom. The summed E-state index contributed by atoms with van der Waals surface area (Å²) in [5, 5.41) is 7.64. The predicted molar refractivity (Wildman–Crippen MR) is 85.7 cm³/mol. The molecule has 0 spiro atoms. The number of hydrogen-bond acceptors (Lipinski definition) is 2. The molecule has 0 amide bonds. The highest BCUT2D eigenvalue weighted by molar-refractivity contribution is 9.10. The number of nitrogens with one attached hydrogen (secondary N) is 1. The van der Waals surface area contributed by atoms with Crippen molar-refractivity contribution in [3.8, 4) is 11.5 Å². The third-order valence-electron chi connectivity index (χ3n) is 2.93. The van der Waals surface area contributed by atoms with E-state index in [4.69, 9.17) is 15.9 Å². The van der Waals surface area contributed by atoms with E-state index in [0.29, 0.717) is 11.3 Å². The molecular formula is C16H17BrN2O. The number of aryl methyl sites for hydroxylation is 1. The number of nitrogens with two attached hydrogens (primary N) is 1. The van der Waals surface area contributed by atoms with Crippen LogP contribution in [0.2, 0.25) is 0 Å². The molecule has 3 N–H and O–H groups in total. The molecule has 2 aromatic rings. The second-order valence-corrected chi connectivity index (χ2v) is 5.38. The summed E-state index contributed by atoms with van der Waals surface area (Å²) in [6.07, 6.45) is 2.19. The minimum absolute atomic E-state index is 0.0184. The number of amidine groups is 1. The number of rotatable bonds is 5. The second kappa shape index (κ2) is 6.57. The predicted octanol–water partition coefficient (Wildman–Crippen LogP) is 4.48. The smallest absolute Gasteiger partial charge is 0.139 e. The Bertz CT molecular complexity index is 608. The maximum absolute atomic E-state index is 7.64. The number of nitrogen functional groups attached to an aromatic ring is 1. The third kappa shape index (κ3) is 3.39. The van der Waals surface area contributed by atoms with E-state index in [-0.39, 0.29) is 5.84 Å². The van der Waals surface area contributed by atoms with Crippen LogP contribution in [0.15, 0.2) is 46.9 Å². The van der Waals surface area contributed by atoms with Crippen LogP contribution in [-0.4, -0.2) is 5.84 Å². The summed E-state index contributed by atoms with van der Waals surface area (Å²) in [4.78, 5) is 0. The molecule has 2 aromatic carbocycles. The van der Waals surface area contributed by atoms with Crippen molar-refractivity contribution in [1.29, 1.82) is 5.41 Å². The van der Waals surface area contributed by atoms with Gasteiger partial charge in [0.05, 0.1) is 5.56 Å². The van der Waals surface area contributed by atoms with Crippen molar-refractivity contribution in [2.75, 3.05) is 0 Å². The topological polar surface area (TPSA) is 59.1 Å². The Balaban J connectivity index is 2.26. The summed E-state index contributed by atoms with van der Waals surface area (Å²) in [7, 11) is 0. The highest BCUT2D eigenvalue weighted by atomic mass is 79.9. The monoisotopic (exact) mass is 332 g/mol. The first kappa shape index (κ1) is 14.6. The van der Waals surface area contributed by atoms with Crippen molar-refractivity contribution >= 4 is 21.8 Å². The summed E-state index contributed by atoms with van der Waals surface area (Å²) < 4.78 is 6.59. The maximum atomic E-state index is 7.64. The van der Waals surface area contributed by atoms with Crippen LogP contribution < -0.4 is 10.5 Å². The Morgan fingerprint density at radius 1 is 1.20 bits per heavy atom. The molecule has 0 aliphatic rings. The van der Waals surface area contributed by atoms with E-state index in [1.165, 1.54) is 5.56 Å². The molecule has 0 saturated carbocycles. The molecule has 4 heteroatoms. The van der Waals surface area contributed by atoms with Crippen LogP contribution in [0, 0.1) is 5.41 Å². The first-order valence-corrected chi connectivity index (χ1v) is 7.30. The van der Waals surface area contributed by atoms with Gasteiger partial charge in [-0.25, -0.2) is 0 Å². The lowest BCUT2D eigenvalue weighted by Gasteiger charge is -2.12. The first-order chi connectivity index (χ1) is 9.61. The number of benzene rings is 2. The van der Waals surface area contributed by atoms with Crippen molar-refractivity contribution in [1.82, 2.24) is 0 Å². The largest absolute Gasteiger partial charge is 0.457 e. The van der Waals surface area contributed by atoms with Gasteiger partial charge in [0.15, 0.2) is 0 Å². The van der Waals surface area contributed by atoms with Crippen LogP contribution in [-0.2, 0) is 6.42 Å². The summed E-state index contributed by atoms with van der Waals surface area (Å²) in [5.74, 6) is 1.30. The molecule has 104 valence electrons. The van der Waals surface area contributed by atoms with Gasteiger partial charge in [-0.1, -0.05) is 31.5 Å². The van der Waals surface area contributed by atoms with Crippen molar-refractivity contribution in [2.45, 2.75) is 19.8 Å². The zero-order valence-electron chi connectivity index (χ0n) is 11.3. The lowest BCUT2D eigenvalue weighted by atomic mass is 10.1. The Hall–Kier alpha value is -1.81. The van der Waals surface area contributed by atoms with Gasteiger partial charge in [0, 0.05) is 4.47 Å². The van der Waals surface area contributed by atoms with Gasteiger partial charge in [0.1, 0.15) is 17.3 Å². The zero-order chi connectivity index (χ0) is 14.5. The van der Waals surface area contributed by atoms with Crippen molar-refractivity contribution in [3.05, 3.63) is 58.1 Å². The quantitative estimate of drug-likeness (QED) is 0.626. The summed E-state index contributed by atoms with van der Waals surface area (Å²) >= 11 is 3.39. The molecule has 0 bridgehead atoms. The summed E-state index contributed by atoms with van der Waals surface area (Å²) in [5.41, 5.74) is 7.47. The van der Waals surface area contributed by atoms with Crippen molar-refractivity contribution in [3.63, 3.8) is 0 Å². The van der Waals surface area contributed by atoms with E-state index in [1.54, 1.807) is 6.07 Å². The van der Waals surface area contributed by atoms with Crippen molar-refractivity contribution in [2.24, 2.45) is 5.73 Å². The highest BCUT2D eigenvalue weighted by Gasteiger charge is 2.11. The minimum Gasteiger partial charge on any atom is -0.457 e. The summed E-state index contributed by atoms with van der Waals surface area (Å²) in [6, 6.07) is 13.5. The van der Waals surface area contributed by atoms with Crippen LogP contribution in [0.3, 0.4) is 0 Å². The molecule has 0 radical (unpaired) electrons. The summed E-state index contributed by atoms with van der Waals surface area (Å²) in [6.45, 7) is 2.16. The molecule has 0 aliphatic carbocycles. The van der Waals surface area contributed by atoms with E-state index in [9.17, 15) is 0 Å². The maximum Gasteiger partial charge on any atom is 0.139 e. The standard InChI is InChI=1S/C16H17BrN2O/c1-2-4-11-7-9-12(10-8-11)20-14-6-3-5-13(17)15(14)16(18)19/h3,5-10H,2,4H2,1H3,(H3,18,19). The molecule has 0 aliphatic heterocycles. The van der Waals surface area contributed by atoms with E-state index in [0.717, 1.165) is 23.1 Å². The number of hydrogen-bond donors (Lipinski definition) is 2. The molecule has 3 nitrogen and oxygen atoms in total. The van der Waals surface area contributed by atoms with E-state index >= 15 is 0 Å². The van der Waals surface area contributed by atoms with Gasteiger partial charge in [0.25, 0.3) is 0 Å². The molecule has 2 rings (SSSR count). The number of halogens is 1. The molecule has 20 heavy (non-hydrogen) atoms. The molecular weight excluding hydrogens is 316 g/mol. The number of ether oxygens (including phenoxy) is 1. The molecule has 0 fully saturated rings. The third-order valence-corrected chi connectivity index (χ3v) is 3.60. The van der Waals surface area contributed by atoms with Gasteiger partial charge in [-0.2, -0.15) is 0 Å². The zero-order valence-corrected chi connectivity index (χ0v) is 12.9. The van der Waals surface area contributed by atoms with Crippen LogP contribution in [0.25, 0.3) is 0 Å². The first-order valence-electron chi connectivity index (χ1n) is 6.51. The van der Waals surface area contributed by atoms with Crippen LogP contribution in [0.5, 0.6) is 11.5 Å². The molecule has 0 atom stereocenters. The van der Waals surface area contributed by atoms with Crippen LogP contribution in [0.1, 0.15) is 24.5 Å². The fourth-order valence-corrected chi connectivity index (χ4v) is 2.55. The molecule has 0 heterocycles. The van der Waals surface area contributed by atoms with E-state index < -0.39 is 0 Å². The van der Waals surface area contributed by atoms with Crippen LogP contribution >= 0.6 is 15.9 Å². The van der Waals surface area contributed by atoms with Crippen molar-refractivity contribution < 1.29 is 4.74 Å². The van der Waals surface area contributed by atoms with Gasteiger partial charge in [-0.05, 0) is 52.2 Å². The fourth-order valence-electron chi connectivity index (χ4n) is 1.99. The SMILES string of the molecule is CCCc1ccc(Oc2cccc(Br)c2C(=N)N)cc1. The average molecular weight is 333 g/mol. The Morgan fingerprint density at radius 2 is 1.90 bits per heavy atom. The lowest BCUT2D eigenvalue weighted by Crippen LogP contribution is -2.13. The Labute approximate surface area is 127 Å². The van der Waals surface area contributed by atoms with Gasteiger partial charge in [0.2, 0.25) is 0 Å². The fraction of sp³-hybridized carbons (Fsp3) is 0.188. The highest BCUT2D eigenvalue weighted by Crippen LogP contribution is 2.30.